The van der Waals surface area contributed by atoms with E-state index in [-0.39, 0.29) is 18.3 Å². The first-order valence-electron chi connectivity index (χ1n) is 7.31. The summed E-state index contributed by atoms with van der Waals surface area (Å²) in [4.78, 5) is 0. The molecule has 3 aliphatic rings. The molecule has 2 heterocycles. The predicted octanol–water partition coefficient (Wildman–Crippen LogP) is 3.76. The molecule has 0 atom stereocenters. The highest BCUT2D eigenvalue weighted by Crippen LogP contribution is 2.62. The maximum atomic E-state index is 6.38. The number of hydrogen-bond acceptors (Lipinski definition) is 3. The summed E-state index contributed by atoms with van der Waals surface area (Å²) in [5.74, 6) is 3.41. The van der Waals surface area contributed by atoms with Crippen molar-refractivity contribution in [2.45, 2.75) is 69.9 Å². The lowest BCUT2D eigenvalue weighted by molar-refractivity contribution is 0.00578. The van der Waals surface area contributed by atoms with Crippen LogP contribution in [0.25, 0.3) is 0 Å². The molecule has 0 N–H and O–H groups in total. The number of rotatable bonds is 2. The lowest BCUT2D eigenvalue weighted by Crippen LogP contribution is -2.41. The fourth-order valence-electron chi connectivity index (χ4n) is 3.32. The fourth-order valence-corrected chi connectivity index (χ4v) is 4.58. The van der Waals surface area contributed by atoms with Gasteiger partial charge in [0, 0.05) is 5.31 Å². The lowest BCUT2D eigenvalue weighted by Gasteiger charge is -2.38. The number of thioether (sulfide) groups is 1. The van der Waals surface area contributed by atoms with Gasteiger partial charge in [-0.3, -0.25) is 0 Å². The SMILES string of the molecule is CC1(C)OB(C2(C3CC3)CCSCC2)OC1(C)C. The summed E-state index contributed by atoms with van der Waals surface area (Å²) in [5.41, 5.74) is -0.353. The molecule has 0 unspecified atom stereocenters. The average Bonchev–Trinajstić information content (AvgIpc) is 3.09. The van der Waals surface area contributed by atoms with E-state index in [0.29, 0.717) is 5.31 Å². The van der Waals surface area contributed by atoms with Crippen molar-refractivity contribution in [3.05, 3.63) is 0 Å². The minimum atomic E-state index is -0.176. The lowest BCUT2D eigenvalue weighted by atomic mass is 9.51. The molecule has 2 saturated heterocycles. The van der Waals surface area contributed by atoms with Gasteiger partial charge in [0.2, 0.25) is 0 Å². The van der Waals surface area contributed by atoms with Crippen LogP contribution in [0, 0.1) is 5.92 Å². The van der Waals surface area contributed by atoms with E-state index < -0.39 is 0 Å². The molecule has 2 nitrogen and oxygen atoms in total. The maximum Gasteiger partial charge on any atom is 0.464 e. The van der Waals surface area contributed by atoms with Crippen LogP contribution in [0.1, 0.15) is 53.4 Å². The van der Waals surface area contributed by atoms with Crippen molar-refractivity contribution in [1.29, 1.82) is 0 Å². The van der Waals surface area contributed by atoms with Gasteiger partial charge in [0.05, 0.1) is 11.2 Å². The topological polar surface area (TPSA) is 18.5 Å². The van der Waals surface area contributed by atoms with Gasteiger partial charge in [0.1, 0.15) is 0 Å². The highest BCUT2D eigenvalue weighted by Gasteiger charge is 2.63. The third kappa shape index (κ3) is 1.95. The van der Waals surface area contributed by atoms with Crippen molar-refractivity contribution in [1.82, 2.24) is 0 Å². The Balaban J connectivity index is 1.84. The highest BCUT2D eigenvalue weighted by atomic mass is 32.2. The zero-order chi connectivity index (χ0) is 13.0. The van der Waals surface area contributed by atoms with Gasteiger partial charge in [-0.25, -0.2) is 0 Å². The van der Waals surface area contributed by atoms with Crippen molar-refractivity contribution in [3.8, 4) is 0 Å². The molecule has 0 aromatic rings. The van der Waals surface area contributed by atoms with E-state index in [9.17, 15) is 0 Å². The van der Waals surface area contributed by atoms with Crippen molar-refractivity contribution >= 4 is 18.9 Å². The second-order valence-corrected chi connectivity index (χ2v) is 8.43. The highest BCUT2D eigenvalue weighted by molar-refractivity contribution is 7.99. The predicted molar refractivity (Wildman–Crippen MR) is 78.1 cm³/mol. The number of hydrogen-bond donors (Lipinski definition) is 0. The quantitative estimate of drug-likeness (QED) is 0.710. The Morgan fingerprint density at radius 3 is 1.89 bits per heavy atom. The molecule has 0 amide bonds. The van der Waals surface area contributed by atoms with E-state index in [2.05, 4.69) is 39.5 Å². The van der Waals surface area contributed by atoms with E-state index in [1.807, 2.05) is 0 Å². The molecule has 4 heteroatoms. The Morgan fingerprint density at radius 2 is 1.44 bits per heavy atom. The third-order valence-corrected chi connectivity index (χ3v) is 6.52. The normalized spacial score (nSPS) is 33.7. The zero-order valence-electron chi connectivity index (χ0n) is 12.1. The van der Waals surface area contributed by atoms with Crippen molar-refractivity contribution in [2.24, 2.45) is 5.92 Å². The summed E-state index contributed by atoms with van der Waals surface area (Å²) in [6.07, 6.45) is 5.32. The molecule has 0 spiro atoms. The molecule has 1 aliphatic carbocycles. The third-order valence-electron chi connectivity index (χ3n) is 5.54. The first-order valence-corrected chi connectivity index (χ1v) is 8.46. The van der Waals surface area contributed by atoms with Gasteiger partial charge in [-0.2, -0.15) is 11.8 Å². The molecule has 0 bridgehead atoms. The Hall–Kier alpha value is 0.335. The zero-order valence-corrected chi connectivity index (χ0v) is 12.9. The van der Waals surface area contributed by atoms with Gasteiger partial charge in [-0.05, 0) is 58.0 Å². The summed E-state index contributed by atoms with van der Waals surface area (Å²) < 4.78 is 12.8. The van der Waals surface area contributed by atoms with Crippen LogP contribution in [0.5, 0.6) is 0 Å². The van der Waals surface area contributed by atoms with Gasteiger partial charge in [-0.15, -0.1) is 0 Å². The van der Waals surface area contributed by atoms with Crippen LogP contribution >= 0.6 is 11.8 Å². The molecule has 3 rings (SSSR count). The summed E-state index contributed by atoms with van der Waals surface area (Å²) in [7, 11) is 0.0240. The Bertz CT molecular complexity index is 317. The van der Waals surface area contributed by atoms with Gasteiger partial charge in [0.15, 0.2) is 0 Å². The van der Waals surface area contributed by atoms with E-state index in [1.165, 1.54) is 37.2 Å². The molecule has 0 aromatic carbocycles. The van der Waals surface area contributed by atoms with Crippen molar-refractivity contribution in [2.75, 3.05) is 11.5 Å². The van der Waals surface area contributed by atoms with E-state index in [1.54, 1.807) is 0 Å². The van der Waals surface area contributed by atoms with Gasteiger partial charge < -0.3 is 9.31 Å². The van der Waals surface area contributed by atoms with Crippen LogP contribution in [0.4, 0.5) is 0 Å². The molecule has 2 aliphatic heterocycles. The van der Waals surface area contributed by atoms with Crippen molar-refractivity contribution in [3.63, 3.8) is 0 Å². The van der Waals surface area contributed by atoms with Crippen LogP contribution in [-0.4, -0.2) is 29.8 Å². The van der Waals surface area contributed by atoms with E-state index in [4.69, 9.17) is 9.31 Å². The fraction of sp³-hybridized carbons (Fsp3) is 1.00. The van der Waals surface area contributed by atoms with Crippen LogP contribution in [0.15, 0.2) is 0 Å². The minimum Gasteiger partial charge on any atom is -0.403 e. The first-order chi connectivity index (χ1) is 8.37. The Morgan fingerprint density at radius 1 is 0.944 bits per heavy atom. The molecule has 1 saturated carbocycles. The van der Waals surface area contributed by atoms with Gasteiger partial charge in [-0.1, -0.05) is 12.8 Å². The van der Waals surface area contributed by atoms with Gasteiger partial charge in [0.25, 0.3) is 0 Å². The van der Waals surface area contributed by atoms with E-state index in [0.717, 1.165) is 5.92 Å². The van der Waals surface area contributed by atoms with Crippen LogP contribution in [-0.2, 0) is 9.31 Å². The molecule has 0 radical (unpaired) electrons. The average molecular weight is 268 g/mol. The molecule has 18 heavy (non-hydrogen) atoms. The van der Waals surface area contributed by atoms with E-state index >= 15 is 0 Å². The summed E-state index contributed by atoms with van der Waals surface area (Å²) in [5, 5.41) is 0.316. The molecular formula is C14H25BO2S. The largest absolute Gasteiger partial charge is 0.464 e. The van der Waals surface area contributed by atoms with Crippen LogP contribution in [0.2, 0.25) is 5.31 Å². The standard InChI is InChI=1S/C14H25BO2S/c1-12(2)13(3,4)17-15(16-12)14(11-5-6-11)7-9-18-10-8-14/h11H,5-10H2,1-4H3. The monoisotopic (exact) mass is 268 g/mol. The Labute approximate surface area is 116 Å². The van der Waals surface area contributed by atoms with Crippen LogP contribution < -0.4 is 0 Å². The van der Waals surface area contributed by atoms with Gasteiger partial charge >= 0.3 is 7.12 Å². The van der Waals surface area contributed by atoms with Crippen LogP contribution in [0.3, 0.4) is 0 Å². The smallest absolute Gasteiger partial charge is 0.403 e. The first kappa shape index (κ1) is 13.3. The molecule has 0 aromatic heterocycles. The summed E-state index contributed by atoms with van der Waals surface area (Å²) in [6, 6.07) is 0. The molecular weight excluding hydrogens is 243 g/mol. The second kappa shape index (κ2) is 4.16. The summed E-state index contributed by atoms with van der Waals surface area (Å²) in [6.45, 7) is 8.69. The molecule has 102 valence electrons. The molecule has 3 fully saturated rings. The maximum absolute atomic E-state index is 6.38. The minimum absolute atomic E-state index is 0.0240. The summed E-state index contributed by atoms with van der Waals surface area (Å²) >= 11 is 2.09. The Kier molecular flexibility index (Phi) is 3.08. The van der Waals surface area contributed by atoms with Crippen molar-refractivity contribution < 1.29 is 9.31 Å². The second-order valence-electron chi connectivity index (χ2n) is 7.21.